The van der Waals surface area contributed by atoms with Crippen LogP contribution in [0.4, 0.5) is 0 Å². The van der Waals surface area contributed by atoms with Crippen molar-refractivity contribution in [2.75, 3.05) is 26.5 Å². The second kappa shape index (κ2) is 8.89. The number of hydrogen-bond acceptors (Lipinski definition) is 5. The smallest absolute Gasteiger partial charge is 0.337 e. The van der Waals surface area contributed by atoms with Crippen molar-refractivity contribution in [1.29, 1.82) is 0 Å². The zero-order chi connectivity index (χ0) is 16.6. The van der Waals surface area contributed by atoms with Gasteiger partial charge in [0.25, 0.3) is 0 Å². The van der Waals surface area contributed by atoms with Crippen LogP contribution in [0.1, 0.15) is 36.7 Å². The van der Waals surface area contributed by atoms with Crippen molar-refractivity contribution in [1.82, 2.24) is 0 Å². The zero-order valence-electron chi connectivity index (χ0n) is 13.5. The molecular weight excluding hydrogens is 303 g/mol. The predicted molar refractivity (Wildman–Crippen MR) is 87.2 cm³/mol. The van der Waals surface area contributed by atoms with Crippen LogP contribution in [0.15, 0.2) is 29.8 Å². The van der Waals surface area contributed by atoms with Crippen LogP contribution in [0.3, 0.4) is 0 Å². The van der Waals surface area contributed by atoms with Crippen LogP contribution in [0.2, 0.25) is 0 Å². The fraction of sp³-hybridized carbons (Fsp3) is 0.438. The second-order valence-corrected chi connectivity index (χ2v) is 7.09. The molecule has 0 heterocycles. The lowest BCUT2D eigenvalue weighted by Gasteiger charge is -2.16. The summed E-state index contributed by atoms with van der Waals surface area (Å²) in [4.78, 5) is 11.4. The van der Waals surface area contributed by atoms with Gasteiger partial charge in [0.15, 0.2) is 0 Å². The number of hydrogen-bond donors (Lipinski definition) is 0. The van der Waals surface area contributed by atoms with Crippen LogP contribution in [-0.4, -0.2) is 32.5 Å². The van der Waals surface area contributed by atoms with Crippen molar-refractivity contribution in [3.63, 3.8) is 0 Å². The molecule has 0 radical (unpaired) electrons. The zero-order valence-corrected chi connectivity index (χ0v) is 14.4. The minimum atomic E-state index is -2.99. The maximum absolute atomic E-state index is 12.2. The van der Waals surface area contributed by atoms with Gasteiger partial charge in [-0.3, -0.25) is 4.57 Å². The molecule has 0 aliphatic rings. The van der Waals surface area contributed by atoms with Gasteiger partial charge in [-0.2, -0.15) is 0 Å². The van der Waals surface area contributed by atoms with Gasteiger partial charge in [-0.05, 0) is 37.1 Å². The summed E-state index contributed by atoms with van der Waals surface area (Å²) in [7, 11) is -1.64. The van der Waals surface area contributed by atoms with Gasteiger partial charge in [0, 0.05) is 6.16 Å². The highest BCUT2D eigenvalue weighted by atomic mass is 31.2. The first kappa shape index (κ1) is 18.6. The Labute approximate surface area is 131 Å². The molecule has 0 saturated carbocycles. The van der Waals surface area contributed by atoms with E-state index >= 15 is 0 Å². The third kappa shape index (κ3) is 5.76. The molecule has 0 saturated heterocycles. The highest BCUT2D eigenvalue weighted by Gasteiger charge is 2.20. The number of carbonyl (C=O) groups is 1. The van der Waals surface area contributed by atoms with E-state index in [1.807, 2.05) is 25.1 Å². The second-order valence-electron chi connectivity index (χ2n) is 4.72. The van der Waals surface area contributed by atoms with E-state index in [0.717, 1.165) is 11.1 Å². The van der Waals surface area contributed by atoms with E-state index in [9.17, 15) is 9.36 Å². The SMILES string of the molecule is CCOP(=O)(CC)OCC(C)=Cc1ccc(C(=O)OC)cc1. The normalized spacial score (nSPS) is 14.5. The molecule has 0 aliphatic heterocycles. The highest BCUT2D eigenvalue weighted by Crippen LogP contribution is 2.47. The molecule has 5 nitrogen and oxygen atoms in total. The van der Waals surface area contributed by atoms with E-state index in [4.69, 9.17) is 9.05 Å². The van der Waals surface area contributed by atoms with Crippen molar-refractivity contribution < 1.29 is 23.1 Å². The van der Waals surface area contributed by atoms with E-state index in [1.54, 1.807) is 26.0 Å². The Morgan fingerprint density at radius 2 is 1.82 bits per heavy atom. The molecule has 1 unspecified atom stereocenters. The summed E-state index contributed by atoms with van der Waals surface area (Å²) < 4.78 is 27.4. The van der Waals surface area contributed by atoms with E-state index in [0.29, 0.717) is 18.3 Å². The average Bonchev–Trinajstić information content (AvgIpc) is 2.53. The molecule has 0 aromatic heterocycles. The fourth-order valence-electron chi connectivity index (χ4n) is 1.78. The Morgan fingerprint density at radius 3 is 2.32 bits per heavy atom. The first-order valence-corrected chi connectivity index (χ1v) is 8.90. The number of methoxy groups -OCH3 is 1. The first-order chi connectivity index (χ1) is 10.4. The molecule has 22 heavy (non-hydrogen) atoms. The number of esters is 1. The summed E-state index contributed by atoms with van der Waals surface area (Å²) in [6.45, 7) is 6.06. The Bertz CT molecular complexity index is 562. The van der Waals surface area contributed by atoms with Crippen LogP contribution in [-0.2, 0) is 18.3 Å². The number of rotatable bonds is 8. The summed E-state index contributed by atoms with van der Waals surface area (Å²) in [5, 5.41) is 0. The van der Waals surface area contributed by atoms with Gasteiger partial charge in [0.05, 0.1) is 25.9 Å². The highest BCUT2D eigenvalue weighted by molar-refractivity contribution is 7.53. The van der Waals surface area contributed by atoms with Gasteiger partial charge in [-0.1, -0.05) is 25.1 Å². The summed E-state index contributed by atoms with van der Waals surface area (Å²) >= 11 is 0. The van der Waals surface area contributed by atoms with Crippen LogP contribution >= 0.6 is 7.60 Å². The molecule has 6 heteroatoms. The summed E-state index contributed by atoms with van der Waals surface area (Å²) in [5.74, 6) is -0.365. The molecule has 0 fully saturated rings. The van der Waals surface area contributed by atoms with Crippen LogP contribution < -0.4 is 0 Å². The van der Waals surface area contributed by atoms with Gasteiger partial charge >= 0.3 is 13.6 Å². The third-order valence-corrected chi connectivity index (χ3v) is 4.90. The van der Waals surface area contributed by atoms with E-state index < -0.39 is 7.60 Å². The van der Waals surface area contributed by atoms with Crippen molar-refractivity contribution >= 4 is 19.6 Å². The summed E-state index contributed by atoms with van der Waals surface area (Å²) in [5.41, 5.74) is 2.34. The maximum Gasteiger partial charge on any atom is 0.337 e. The van der Waals surface area contributed by atoms with Gasteiger partial charge in [-0.15, -0.1) is 0 Å². The number of benzene rings is 1. The number of ether oxygens (including phenoxy) is 1. The van der Waals surface area contributed by atoms with Gasteiger partial charge < -0.3 is 13.8 Å². The molecule has 122 valence electrons. The Kier molecular flexibility index (Phi) is 7.52. The molecule has 1 aromatic rings. The Balaban J connectivity index is 2.69. The summed E-state index contributed by atoms with van der Waals surface area (Å²) in [6, 6.07) is 7.03. The van der Waals surface area contributed by atoms with Crippen molar-refractivity contribution in [3.8, 4) is 0 Å². The molecule has 0 spiro atoms. The molecule has 0 bridgehead atoms. The molecule has 1 atom stereocenters. The van der Waals surface area contributed by atoms with E-state index in [-0.39, 0.29) is 12.6 Å². The van der Waals surface area contributed by atoms with Gasteiger partial charge in [0.2, 0.25) is 0 Å². The lowest BCUT2D eigenvalue weighted by molar-refractivity contribution is 0.0600. The minimum Gasteiger partial charge on any atom is -0.465 e. The van der Waals surface area contributed by atoms with Gasteiger partial charge in [-0.25, -0.2) is 4.79 Å². The Hall–Kier alpha value is -1.42. The fourth-order valence-corrected chi connectivity index (χ4v) is 3.01. The maximum atomic E-state index is 12.2. The summed E-state index contributed by atoms with van der Waals surface area (Å²) in [6.07, 6.45) is 2.26. The van der Waals surface area contributed by atoms with Crippen molar-refractivity contribution in [2.45, 2.75) is 20.8 Å². The molecule has 0 amide bonds. The predicted octanol–water partition coefficient (Wildman–Crippen LogP) is 4.14. The molecule has 0 aliphatic carbocycles. The van der Waals surface area contributed by atoms with Crippen LogP contribution in [0.25, 0.3) is 6.08 Å². The molecular formula is C16H23O5P. The van der Waals surface area contributed by atoms with Crippen molar-refractivity contribution in [2.24, 2.45) is 0 Å². The average molecular weight is 326 g/mol. The largest absolute Gasteiger partial charge is 0.465 e. The number of carbonyl (C=O) groups excluding carboxylic acids is 1. The van der Waals surface area contributed by atoms with E-state index in [1.165, 1.54) is 7.11 Å². The lowest BCUT2D eigenvalue weighted by atomic mass is 10.1. The van der Waals surface area contributed by atoms with Crippen LogP contribution in [0, 0.1) is 0 Å². The van der Waals surface area contributed by atoms with Crippen LogP contribution in [0.5, 0.6) is 0 Å². The lowest BCUT2D eigenvalue weighted by Crippen LogP contribution is -2.01. The Morgan fingerprint density at radius 1 is 1.18 bits per heavy atom. The molecule has 1 rings (SSSR count). The van der Waals surface area contributed by atoms with E-state index in [2.05, 4.69) is 4.74 Å². The molecule has 1 aromatic carbocycles. The minimum absolute atomic E-state index is 0.240. The van der Waals surface area contributed by atoms with Crippen molar-refractivity contribution in [3.05, 3.63) is 41.0 Å². The quantitative estimate of drug-likeness (QED) is 0.530. The topological polar surface area (TPSA) is 61.8 Å². The monoisotopic (exact) mass is 326 g/mol. The van der Waals surface area contributed by atoms with Gasteiger partial charge in [0.1, 0.15) is 0 Å². The first-order valence-electron chi connectivity index (χ1n) is 7.17. The standard InChI is InChI=1S/C16H23O5P/c1-5-20-22(18,6-2)21-12-13(3)11-14-7-9-15(10-8-14)16(17)19-4/h7-11H,5-6,12H2,1-4H3. The third-order valence-electron chi connectivity index (χ3n) is 2.95. The molecule has 0 N–H and O–H groups in total.